The van der Waals surface area contributed by atoms with Crippen molar-refractivity contribution in [3.8, 4) is 5.75 Å². The number of nitrogens with zero attached hydrogens (tertiary/aromatic N) is 1. The predicted octanol–water partition coefficient (Wildman–Crippen LogP) is 2.02. The topological polar surface area (TPSA) is 38.8 Å². The van der Waals surface area contributed by atoms with E-state index in [2.05, 4.69) is 6.07 Å². The van der Waals surface area contributed by atoms with Gasteiger partial charge in [-0.15, -0.1) is 0 Å². The summed E-state index contributed by atoms with van der Waals surface area (Å²) in [5.74, 6) is 0.945. The fraction of sp³-hybridized carbons (Fsp3) is 0.562. The third kappa shape index (κ3) is 2.66. The number of hydrogen-bond donors (Lipinski definition) is 0. The molecule has 1 amide bonds. The summed E-state index contributed by atoms with van der Waals surface area (Å²) >= 11 is 0. The van der Waals surface area contributed by atoms with Crippen molar-refractivity contribution in [3.63, 3.8) is 0 Å². The second-order valence-electron chi connectivity index (χ2n) is 6.12. The minimum atomic E-state index is -0.348. The van der Waals surface area contributed by atoms with Gasteiger partial charge in [0.15, 0.2) is 6.10 Å². The molecule has 1 unspecified atom stereocenters. The van der Waals surface area contributed by atoms with E-state index in [0.29, 0.717) is 19.7 Å². The van der Waals surface area contributed by atoms with Crippen molar-refractivity contribution < 1.29 is 14.3 Å². The first-order valence-corrected chi connectivity index (χ1v) is 7.22. The van der Waals surface area contributed by atoms with Crippen molar-refractivity contribution in [2.45, 2.75) is 38.4 Å². The Morgan fingerprint density at radius 3 is 2.95 bits per heavy atom. The van der Waals surface area contributed by atoms with E-state index >= 15 is 0 Å². The highest BCUT2D eigenvalue weighted by Crippen LogP contribution is 2.28. The van der Waals surface area contributed by atoms with E-state index < -0.39 is 0 Å². The summed E-state index contributed by atoms with van der Waals surface area (Å²) in [6.45, 7) is 5.92. The molecule has 1 atom stereocenters. The van der Waals surface area contributed by atoms with Gasteiger partial charge >= 0.3 is 0 Å². The summed E-state index contributed by atoms with van der Waals surface area (Å²) in [6.07, 6.45) is 1.31. The molecule has 2 aliphatic heterocycles. The lowest BCUT2D eigenvalue weighted by Gasteiger charge is -2.40. The molecule has 4 nitrogen and oxygen atoms in total. The molecule has 0 saturated carbocycles. The summed E-state index contributed by atoms with van der Waals surface area (Å²) in [6, 6.07) is 7.96. The van der Waals surface area contributed by atoms with Gasteiger partial charge in [-0.3, -0.25) is 4.79 Å². The maximum atomic E-state index is 12.6. The van der Waals surface area contributed by atoms with Crippen LogP contribution in [0.5, 0.6) is 5.75 Å². The fourth-order valence-corrected chi connectivity index (χ4v) is 2.91. The van der Waals surface area contributed by atoms with Gasteiger partial charge in [-0.05, 0) is 38.3 Å². The van der Waals surface area contributed by atoms with Crippen molar-refractivity contribution in [2.75, 3.05) is 19.7 Å². The third-order valence-electron chi connectivity index (χ3n) is 3.93. The third-order valence-corrected chi connectivity index (χ3v) is 3.93. The summed E-state index contributed by atoms with van der Waals surface area (Å²) in [5.41, 5.74) is 0.930. The standard InChI is InChI=1S/C16H21NO3/c1-16(2)11-17(9-10-19-16)15(18)14-8-7-12-5-3-4-6-13(12)20-14/h3-6,14H,7-11H2,1-2H3. The van der Waals surface area contributed by atoms with Crippen LogP contribution in [0.2, 0.25) is 0 Å². The number of carbonyl (C=O) groups excluding carboxylic acids is 1. The van der Waals surface area contributed by atoms with Gasteiger partial charge in [0.25, 0.3) is 5.91 Å². The van der Waals surface area contributed by atoms with Gasteiger partial charge in [-0.25, -0.2) is 0 Å². The Morgan fingerprint density at radius 1 is 1.35 bits per heavy atom. The van der Waals surface area contributed by atoms with Crippen LogP contribution < -0.4 is 4.74 Å². The number of benzene rings is 1. The van der Waals surface area contributed by atoms with Crippen LogP contribution in [0, 0.1) is 0 Å². The van der Waals surface area contributed by atoms with E-state index in [4.69, 9.17) is 9.47 Å². The van der Waals surface area contributed by atoms with E-state index in [1.54, 1.807) is 0 Å². The van der Waals surface area contributed by atoms with Crippen molar-refractivity contribution in [1.29, 1.82) is 0 Å². The molecule has 4 heteroatoms. The quantitative estimate of drug-likeness (QED) is 0.787. The lowest BCUT2D eigenvalue weighted by Crippen LogP contribution is -2.54. The minimum absolute atomic E-state index is 0.0934. The maximum Gasteiger partial charge on any atom is 0.263 e. The molecular formula is C16H21NO3. The van der Waals surface area contributed by atoms with Crippen LogP contribution in [0.3, 0.4) is 0 Å². The highest BCUT2D eigenvalue weighted by atomic mass is 16.5. The maximum absolute atomic E-state index is 12.6. The second kappa shape index (κ2) is 5.09. The lowest BCUT2D eigenvalue weighted by molar-refractivity contribution is -0.153. The zero-order chi connectivity index (χ0) is 14.2. The molecule has 1 saturated heterocycles. The van der Waals surface area contributed by atoms with Crippen molar-refractivity contribution in [1.82, 2.24) is 4.90 Å². The first-order valence-electron chi connectivity index (χ1n) is 7.22. The Hall–Kier alpha value is -1.55. The van der Waals surface area contributed by atoms with Crippen LogP contribution in [0.15, 0.2) is 24.3 Å². The van der Waals surface area contributed by atoms with Crippen LogP contribution in [0.4, 0.5) is 0 Å². The zero-order valence-electron chi connectivity index (χ0n) is 12.1. The lowest BCUT2D eigenvalue weighted by atomic mass is 10.0. The molecule has 20 heavy (non-hydrogen) atoms. The molecule has 0 aliphatic carbocycles. The molecule has 0 bridgehead atoms. The van der Waals surface area contributed by atoms with Crippen molar-refractivity contribution in [2.24, 2.45) is 0 Å². The Morgan fingerprint density at radius 2 is 2.15 bits per heavy atom. The van der Waals surface area contributed by atoms with E-state index in [0.717, 1.165) is 18.6 Å². The molecular weight excluding hydrogens is 254 g/mol. The molecule has 2 aliphatic rings. The first kappa shape index (κ1) is 13.4. The number of rotatable bonds is 1. The SMILES string of the molecule is CC1(C)CN(C(=O)C2CCc3ccccc3O2)CCO1. The zero-order valence-corrected chi connectivity index (χ0v) is 12.1. The number of fused-ring (bicyclic) bond motifs is 1. The van der Waals surface area contributed by atoms with Gasteiger partial charge in [0.1, 0.15) is 5.75 Å². The summed E-state index contributed by atoms with van der Waals surface area (Å²) in [5, 5.41) is 0. The molecule has 1 fully saturated rings. The Labute approximate surface area is 119 Å². The number of aryl methyl sites for hydroxylation is 1. The van der Waals surface area contributed by atoms with Gasteiger partial charge in [-0.2, -0.15) is 0 Å². The van der Waals surface area contributed by atoms with Crippen LogP contribution in [0.1, 0.15) is 25.8 Å². The average molecular weight is 275 g/mol. The Balaban J connectivity index is 1.70. The van der Waals surface area contributed by atoms with Gasteiger partial charge in [0, 0.05) is 13.1 Å². The molecule has 0 N–H and O–H groups in total. The summed E-state index contributed by atoms with van der Waals surface area (Å²) in [7, 11) is 0. The number of amides is 1. The molecule has 108 valence electrons. The summed E-state index contributed by atoms with van der Waals surface area (Å²) in [4.78, 5) is 14.5. The first-order chi connectivity index (χ1) is 9.55. The normalized spacial score (nSPS) is 24.7. The van der Waals surface area contributed by atoms with Gasteiger partial charge in [0.05, 0.1) is 12.2 Å². The number of para-hydroxylation sites is 1. The summed E-state index contributed by atoms with van der Waals surface area (Å²) < 4.78 is 11.5. The average Bonchev–Trinajstić information content (AvgIpc) is 2.45. The number of morpholine rings is 1. The van der Waals surface area contributed by atoms with E-state index in [1.165, 1.54) is 5.56 Å². The molecule has 0 radical (unpaired) electrons. The largest absolute Gasteiger partial charge is 0.480 e. The number of hydrogen-bond acceptors (Lipinski definition) is 3. The molecule has 0 aromatic heterocycles. The van der Waals surface area contributed by atoms with Crippen molar-refractivity contribution >= 4 is 5.91 Å². The van der Waals surface area contributed by atoms with Crippen LogP contribution in [-0.4, -0.2) is 42.2 Å². The van der Waals surface area contributed by atoms with Crippen molar-refractivity contribution in [3.05, 3.63) is 29.8 Å². The molecule has 1 aromatic rings. The predicted molar refractivity (Wildman–Crippen MR) is 75.8 cm³/mol. The highest BCUT2D eigenvalue weighted by molar-refractivity contribution is 5.82. The van der Waals surface area contributed by atoms with Gasteiger partial charge in [-0.1, -0.05) is 18.2 Å². The number of carbonyl (C=O) groups is 1. The fourth-order valence-electron chi connectivity index (χ4n) is 2.91. The monoisotopic (exact) mass is 275 g/mol. The molecule has 3 rings (SSSR count). The molecule has 1 aromatic carbocycles. The van der Waals surface area contributed by atoms with Gasteiger partial charge < -0.3 is 14.4 Å². The van der Waals surface area contributed by atoms with E-state index in [-0.39, 0.29) is 17.6 Å². The van der Waals surface area contributed by atoms with Gasteiger partial charge in [0.2, 0.25) is 0 Å². The highest BCUT2D eigenvalue weighted by Gasteiger charge is 2.35. The minimum Gasteiger partial charge on any atom is -0.480 e. The molecule has 0 spiro atoms. The van der Waals surface area contributed by atoms with Crippen LogP contribution in [-0.2, 0) is 16.0 Å². The smallest absolute Gasteiger partial charge is 0.263 e. The van der Waals surface area contributed by atoms with Crippen LogP contribution >= 0.6 is 0 Å². The Bertz CT molecular complexity index is 512. The molecule has 2 heterocycles. The number of ether oxygens (including phenoxy) is 2. The van der Waals surface area contributed by atoms with Crippen LogP contribution in [0.25, 0.3) is 0 Å². The Kier molecular flexibility index (Phi) is 3.42. The second-order valence-corrected chi connectivity index (χ2v) is 6.12. The van der Waals surface area contributed by atoms with E-state index in [1.807, 2.05) is 36.9 Å². The van der Waals surface area contributed by atoms with E-state index in [9.17, 15) is 4.79 Å².